The number of anilines is 1. The molecule has 146 valence electrons. The van der Waals surface area contributed by atoms with Gasteiger partial charge >= 0.3 is 0 Å². The SMILES string of the molecule is CSCc1nc(C(=O)Nc2cc(C)nn2-c2ccc3ccccc3n2)cc(=O)[nH]1. The highest BCUT2D eigenvalue weighted by Gasteiger charge is 2.16. The van der Waals surface area contributed by atoms with Crippen molar-refractivity contribution >= 4 is 34.4 Å². The number of hydrogen-bond donors (Lipinski definition) is 2. The normalized spacial score (nSPS) is 11.0. The number of thioether (sulfide) groups is 1. The van der Waals surface area contributed by atoms with E-state index in [0.717, 1.165) is 16.6 Å². The fourth-order valence-corrected chi connectivity index (χ4v) is 3.36. The van der Waals surface area contributed by atoms with Crippen molar-refractivity contribution in [1.82, 2.24) is 24.7 Å². The van der Waals surface area contributed by atoms with Gasteiger partial charge in [-0.05, 0) is 31.4 Å². The minimum Gasteiger partial charge on any atom is -0.310 e. The number of H-pyrrole nitrogens is 1. The summed E-state index contributed by atoms with van der Waals surface area (Å²) in [6.45, 7) is 1.83. The Morgan fingerprint density at radius 2 is 2.00 bits per heavy atom. The Bertz CT molecular complexity index is 1260. The lowest BCUT2D eigenvalue weighted by atomic mass is 10.2. The van der Waals surface area contributed by atoms with E-state index in [9.17, 15) is 9.59 Å². The molecule has 3 aromatic heterocycles. The molecule has 4 rings (SSSR count). The van der Waals surface area contributed by atoms with E-state index in [1.165, 1.54) is 17.8 Å². The summed E-state index contributed by atoms with van der Waals surface area (Å²) in [5.74, 6) is 1.50. The van der Waals surface area contributed by atoms with E-state index in [1.54, 1.807) is 10.7 Å². The molecule has 8 nitrogen and oxygen atoms in total. The molecule has 1 amide bonds. The molecule has 3 heterocycles. The lowest BCUT2D eigenvalue weighted by Gasteiger charge is -2.09. The van der Waals surface area contributed by atoms with Gasteiger partial charge in [-0.3, -0.25) is 9.59 Å². The van der Waals surface area contributed by atoms with Gasteiger partial charge in [0, 0.05) is 17.5 Å². The molecular weight excluding hydrogens is 388 g/mol. The summed E-state index contributed by atoms with van der Waals surface area (Å²) >= 11 is 1.51. The molecule has 0 atom stereocenters. The van der Waals surface area contributed by atoms with Crippen molar-refractivity contribution in [3.63, 3.8) is 0 Å². The van der Waals surface area contributed by atoms with E-state index in [-0.39, 0.29) is 11.3 Å². The molecule has 0 bridgehead atoms. The number of carbonyl (C=O) groups is 1. The van der Waals surface area contributed by atoms with Crippen molar-refractivity contribution in [1.29, 1.82) is 0 Å². The fourth-order valence-electron chi connectivity index (χ4n) is 2.95. The number of benzene rings is 1. The van der Waals surface area contributed by atoms with Gasteiger partial charge in [0.15, 0.2) is 5.82 Å². The van der Waals surface area contributed by atoms with Crippen LogP contribution in [0, 0.1) is 6.92 Å². The number of hydrogen-bond acceptors (Lipinski definition) is 6. The smallest absolute Gasteiger partial charge is 0.275 e. The van der Waals surface area contributed by atoms with Gasteiger partial charge in [-0.1, -0.05) is 18.2 Å². The van der Waals surface area contributed by atoms with E-state index in [0.29, 0.717) is 23.2 Å². The number of aryl methyl sites for hydroxylation is 1. The Kier molecular flexibility index (Phi) is 5.13. The number of fused-ring (bicyclic) bond motifs is 1. The Labute approximate surface area is 170 Å². The second-order valence-electron chi connectivity index (χ2n) is 6.41. The van der Waals surface area contributed by atoms with E-state index in [2.05, 4.69) is 25.4 Å². The van der Waals surface area contributed by atoms with Crippen LogP contribution < -0.4 is 10.9 Å². The third-order valence-electron chi connectivity index (χ3n) is 4.18. The second-order valence-corrected chi connectivity index (χ2v) is 7.28. The molecule has 0 aliphatic carbocycles. The highest BCUT2D eigenvalue weighted by molar-refractivity contribution is 7.97. The molecule has 29 heavy (non-hydrogen) atoms. The highest BCUT2D eigenvalue weighted by atomic mass is 32.2. The largest absolute Gasteiger partial charge is 0.310 e. The first-order valence-electron chi connectivity index (χ1n) is 8.87. The summed E-state index contributed by atoms with van der Waals surface area (Å²) in [7, 11) is 0. The number of nitrogens with one attached hydrogen (secondary N) is 2. The van der Waals surface area contributed by atoms with Gasteiger partial charge in [-0.15, -0.1) is 0 Å². The van der Waals surface area contributed by atoms with Crippen LogP contribution in [0.1, 0.15) is 22.0 Å². The van der Waals surface area contributed by atoms with Crippen LogP contribution in [0.25, 0.3) is 16.7 Å². The number of aromatic amines is 1. The number of nitrogens with zero attached hydrogens (tertiary/aromatic N) is 4. The molecule has 0 saturated heterocycles. The van der Waals surface area contributed by atoms with Crippen LogP contribution in [0.5, 0.6) is 0 Å². The standard InChI is InChI=1S/C20H18N6O2S/c1-12-9-18(24-20(28)15-10-19(27)23-16(21-15)11-29-2)26(25-12)17-8-7-13-5-3-4-6-14(13)22-17/h3-10H,11H2,1-2H3,(H,24,28)(H,21,23,27). The maximum Gasteiger partial charge on any atom is 0.275 e. The van der Waals surface area contributed by atoms with Gasteiger partial charge in [0.05, 0.1) is 17.0 Å². The Balaban J connectivity index is 1.68. The van der Waals surface area contributed by atoms with E-state index in [1.807, 2.05) is 49.6 Å². The van der Waals surface area contributed by atoms with E-state index in [4.69, 9.17) is 0 Å². The molecule has 0 aliphatic heterocycles. The summed E-state index contributed by atoms with van der Waals surface area (Å²) in [5, 5.41) is 8.25. The van der Waals surface area contributed by atoms with Gasteiger partial charge in [-0.25, -0.2) is 9.97 Å². The molecule has 4 aromatic rings. The zero-order valence-corrected chi connectivity index (χ0v) is 16.7. The van der Waals surface area contributed by atoms with Crippen LogP contribution in [0.3, 0.4) is 0 Å². The van der Waals surface area contributed by atoms with Gasteiger partial charge < -0.3 is 10.3 Å². The molecule has 0 spiro atoms. The van der Waals surface area contributed by atoms with Gasteiger partial charge in [0.25, 0.3) is 11.5 Å². The number of aromatic nitrogens is 5. The molecule has 0 fully saturated rings. The van der Waals surface area contributed by atoms with Crippen LogP contribution in [0.2, 0.25) is 0 Å². The lowest BCUT2D eigenvalue weighted by molar-refractivity contribution is 0.102. The van der Waals surface area contributed by atoms with Crippen molar-refractivity contribution in [3.05, 3.63) is 76.1 Å². The van der Waals surface area contributed by atoms with Gasteiger partial charge in [0.1, 0.15) is 17.3 Å². The third kappa shape index (κ3) is 4.04. The van der Waals surface area contributed by atoms with Crippen LogP contribution in [0.4, 0.5) is 5.82 Å². The quantitative estimate of drug-likeness (QED) is 0.528. The summed E-state index contributed by atoms with van der Waals surface area (Å²) in [6.07, 6.45) is 1.89. The number of rotatable bonds is 5. The number of para-hydroxylation sites is 1. The number of carbonyl (C=O) groups excluding carboxylic acids is 1. The van der Waals surface area contributed by atoms with Crippen molar-refractivity contribution in [2.24, 2.45) is 0 Å². The zero-order chi connectivity index (χ0) is 20.4. The minimum atomic E-state index is -0.486. The van der Waals surface area contributed by atoms with E-state index >= 15 is 0 Å². The number of pyridine rings is 1. The number of amides is 1. The molecule has 0 saturated carbocycles. The van der Waals surface area contributed by atoms with Gasteiger partial charge in [-0.2, -0.15) is 21.5 Å². The lowest BCUT2D eigenvalue weighted by Crippen LogP contribution is -2.21. The summed E-state index contributed by atoms with van der Waals surface area (Å²) in [4.78, 5) is 36.1. The molecule has 2 N–H and O–H groups in total. The molecule has 1 aromatic carbocycles. The molecule has 0 radical (unpaired) electrons. The average molecular weight is 406 g/mol. The predicted octanol–water partition coefficient (Wildman–Crippen LogP) is 2.93. The first kappa shape index (κ1) is 18.9. The summed E-state index contributed by atoms with van der Waals surface area (Å²) in [6, 6.07) is 14.5. The molecular formula is C20H18N6O2S. The van der Waals surface area contributed by atoms with Crippen molar-refractivity contribution in [2.45, 2.75) is 12.7 Å². The van der Waals surface area contributed by atoms with Crippen LogP contribution >= 0.6 is 11.8 Å². The Morgan fingerprint density at radius 3 is 2.83 bits per heavy atom. The Hall–Kier alpha value is -3.46. The summed E-state index contributed by atoms with van der Waals surface area (Å²) in [5.41, 5.74) is 1.23. The third-order valence-corrected chi connectivity index (χ3v) is 4.74. The fraction of sp³-hybridized carbons (Fsp3) is 0.150. The topological polar surface area (TPSA) is 106 Å². The first-order valence-corrected chi connectivity index (χ1v) is 10.3. The highest BCUT2D eigenvalue weighted by Crippen LogP contribution is 2.19. The maximum atomic E-state index is 12.7. The van der Waals surface area contributed by atoms with Crippen molar-refractivity contribution in [2.75, 3.05) is 11.6 Å². The van der Waals surface area contributed by atoms with Gasteiger partial charge in [0.2, 0.25) is 0 Å². The van der Waals surface area contributed by atoms with Crippen LogP contribution in [-0.4, -0.2) is 36.9 Å². The van der Waals surface area contributed by atoms with Crippen LogP contribution in [-0.2, 0) is 5.75 Å². The Morgan fingerprint density at radius 1 is 1.17 bits per heavy atom. The molecule has 0 unspecified atom stereocenters. The van der Waals surface area contributed by atoms with E-state index < -0.39 is 5.91 Å². The maximum absolute atomic E-state index is 12.7. The molecule has 9 heteroatoms. The minimum absolute atomic E-state index is 0.0506. The molecule has 0 aliphatic rings. The monoisotopic (exact) mass is 406 g/mol. The summed E-state index contributed by atoms with van der Waals surface area (Å²) < 4.78 is 1.57. The van der Waals surface area contributed by atoms with Crippen molar-refractivity contribution in [3.8, 4) is 5.82 Å². The zero-order valence-electron chi connectivity index (χ0n) is 15.8. The van der Waals surface area contributed by atoms with Crippen molar-refractivity contribution < 1.29 is 4.79 Å². The van der Waals surface area contributed by atoms with Crippen LogP contribution in [0.15, 0.2) is 53.3 Å². The predicted molar refractivity (Wildman–Crippen MR) is 114 cm³/mol. The second kappa shape index (κ2) is 7.88. The average Bonchev–Trinajstić information content (AvgIpc) is 3.07. The first-order chi connectivity index (χ1) is 14.0.